The number of carbonyl (C=O) groups excluding carboxylic acids is 1. The fourth-order valence-electron chi connectivity index (χ4n) is 1.90. The third-order valence-corrected chi connectivity index (χ3v) is 3.87. The molecule has 0 unspecified atom stereocenters. The van der Waals surface area contributed by atoms with E-state index in [0.717, 1.165) is 5.56 Å². The molecule has 0 spiro atoms. The highest BCUT2D eigenvalue weighted by molar-refractivity contribution is 7.85. The first-order valence-electron chi connectivity index (χ1n) is 6.71. The molecule has 3 N–H and O–H groups in total. The molecule has 6 nitrogen and oxygen atoms in total. The highest BCUT2D eigenvalue weighted by atomic mass is 32.2. The predicted octanol–water partition coefficient (Wildman–Crippen LogP) is 2.44. The summed E-state index contributed by atoms with van der Waals surface area (Å²) in [6.45, 7) is 0.318. The minimum absolute atomic E-state index is 0.255. The zero-order valence-corrected chi connectivity index (χ0v) is 12.8. The average molecular weight is 338 g/mol. The Kier molecular flexibility index (Phi) is 5.30. The van der Waals surface area contributed by atoms with Gasteiger partial charge in [0.1, 0.15) is 5.82 Å². The van der Waals surface area contributed by atoms with Gasteiger partial charge in [-0.1, -0.05) is 12.1 Å². The number of benzene rings is 2. The molecule has 8 heteroatoms. The molecule has 0 saturated heterocycles. The average Bonchev–Trinajstić information content (AvgIpc) is 2.47. The first kappa shape index (κ1) is 16.9. The Hall–Kier alpha value is -2.45. The minimum Gasteiger partial charge on any atom is -0.338 e. The topological polar surface area (TPSA) is 95.5 Å². The van der Waals surface area contributed by atoms with Crippen molar-refractivity contribution in [2.24, 2.45) is 0 Å². The standard InChI is InChI=1S/C15H15FN2O4S/c16-12-3-1-2-11(10-12)8-9-17-15(19)18-13-4-6-14(7-5-13)23(20,21)22/h1-7,10H,8-9H2,(H2,17,18,19)(H,20,21,22). The van der Waals surface area contributed by atoms with E-state index in [1.165, 1.54) is 36.4 Å². The van der Waals surface area contributed by atoms with Crippen molar-refractivity contribution in [3.8, 4) is 0 Å². The minimum atomic E-state index is -4.26. The number of halogens is 1. The Balaban J connectivity index is 1.83. The van der Waals surface area contributed by atoms with Crippen LogP contribution in [0.25, 0.3) is 0 Å². The molecule has 0 saturated carbocycles. The number of rotatable bonds is 5. The SMILES string of the molecule is O=C(NCCc1cccc(F)c1)Nc1ccc(S(=O)(=O)O)cc1. The lowest BCUT2D eigenvalue weighted by Crippen LogP contribution is -2.30. The Morgan fingerprint density at radius 2 is 1.83 bits per heavy atom. The molecule has 2 aromatic carbocycles. The van der Waals surface area contributed by atoms with Crippen LogP contribution >= 0.6 is 0 Å². The Bertz CT molecular complexity index is 791. The van der Waals surface area contributed by atoms with Crippen molar-refractivity contribution in [1.29, 1.82) is 0 Å². The number of urea groups is 1. The van der Waals surface area contributed by atoms with E-state index in [1.54, 1.807) is 12.1 Å². The Morgan fingerprint density at radius 1 is 1.13 bits per heavy atom. The fraction of sp³-hybridized carbons (Fsp3) is 0.133. The largest absolute Gasteiger partial charge is 0.338 e. The van der Waals surface area contributed by atoms with Crippen molar-refractivity contribution >= 4 is 21.8 Å². The summed E-state index contributed by atoms with van der Waals surface area (Å²) in [5.41, 5.74) is 1.14. The van der Waals surface area contributed by atoms with Gasteiger partial charge < -0.3 is 10.6 Å². The smallest absolute Gasteiger partial charge is 0.319 e. The molecule has 2 amide bonds. The van der Waals surface area contributed by atoms with Crippen molar-refractivity contribution in [2.45, 2.75) is 11.3 Å². The molecule has 0 aliphatic rings. The normalized spacial score (nSPS) is 11.0. The summed E-state index contributed by atoms with van der Waals surface area (Å²) in [6.07, 6.45) is 0.479. The molecule has 0 aliphatic carbocycles. The second kappa shape index (κ2) is 7.21. The molecule has 0 bridgehead atoms. The maximum Gasteiger partial charge on any atom is 0.319 e. The van der Waals surface area contributed by atoms with E-state index in [1.807, 2.05) is 0 Å². The van der Waals surface area contributed by atoms with Crippen LogP contribution in [0.2, 0.25) is 0 Å². The van der Waals surface area contributed by atoms with Crippen LogP contribution in [0.4, 0.5) is 14.9 Å². The third kappa shape index (κ3) is 5.35. The summed E-state index contributed by atoms with van der Waals surface area (Å²) < 4.78 is 43.6. The third-order valence-electron chi connectivity index (χ3n) is 3.00. The van der Waals surface area contributed by atoms with E-state index in [-0.39, 0.29) is 10.7 Å². The van der Waals surface area contributed by atoms with Gasteiger partial charge in [-0.25, -0.2) is 9.18 Å². The molecular weight excluding hydrogens is 323 g/mol. The van der Waals surface area contributed by atoms with Gasteiger partial charge in [0.05, 0.1) is 4.90 Å². The van der Waals surface area contributed by atoms with Gasteiger partial charge in [0.15, 0.2) is 0 Å². The Labute approximate surface area is 133 Å². The van der Waals surface area contributed by atoms with E-state index in [2.05, 4.69) is 10.6 Å². The van der Waals surface area contributed by atoms with Crippen LogP contribution < -0.4 is 10.6 Å². The number of amides is 2. The van der Waals surface area contributed by atoms with Crippen molar-refractivity contribution in [2.75, 3.05) is 11.9 Å². The molecule has 0 aliphatic heterocycles. The van der Waals surface area contributed by atoms with Gasteiger partial charge in [-0.2, -0.15) is 8.42 Å². The number of hydrogen-bond acceptors (Lipinski definition) is 3. The first-order chi connectivity index (χ1) is 10.8. The molecule has 122 valence electrons. The molecule has 0 atom stereocenters. The molecule has 2 aromatic rings. The van der Waals surface area contributed by atoms with Crippen molar-refractivity contribution in [3.63, 3.8) is 0 Å². The van der Waals surface area contributed by atoms with Crippen LogP contribution in [-0.4, -0.2) is 25.5 Å². The number of nitrogens with one attached hydrogen (secondary N) is 2. The van der Waals surface area contributed by atoms with Crippen LogP contribution in [0.1, 0.15) is 5.56 Å². The van der Waals surface area contributed by atoms with Gasteiger partial charge in [0.2, 0.25) is 0 Å². The summed E-state index contributed by atoms with van der Waals surface area (Å²) in [5.74, 6) is -0.328. The van der Waals surface area contributed by atoms with Gasteiger partial charge in [0.25, 0.3) is 10.1 Å². The van der Waals surface area contributed by atoms with E-state index < -0.39 is 16.1 Å². The predicted molar refractivity (Wildman–Crippen MR) is 83.4 cm³/mol. The second-order valence-electron chi connectivity index (χ2n) is 4.76. The first-order valence-corrected chi connectivity index (χ1v) is 8.15. The van der Waals surface area contributed by atoms with Gasteiger partial charge in [-0.3, -0.25) is 4.55 Å². The number of hydrogen-bond donors (Lipinski definition) is 3. The van der Waals surface area contributed by atoms with Gasteiger partial charge >= 0.3 is 6.03 Å². The van der Waals surface area contributed by atoms with Crippen molar-refractivity contribution in [3.05, 3.63) is 59.9 Å². The second-order valence-corrected chi connectivity index (χ2v) is 6.18. The number of carbonyl (C=O) groups is 1. The van der Waals surface area contributed by atoms with Crippen LogP contribution in [0.5, 0.6) is 0 Å². The van der Waals surface area contributed by atoms with Gasteiger partial charge in [0, 0.05) is 12.2 Å². The quantitative estimate of drug-likeness (QED) is 0.730. The summed E-state index contributed by atoms with van der Waals surface area (Å²) in [4.78, 5) is 11.4. The van der Waals surface area contributed by atoms with Crippen LogP contribution in [0.3, 0.4) is 0 Å². The maximum atomic E-state index is 13.0. The van der Waals surface area contributed by atoms with Crippen LogP contribution in [0, 0.1) is 5.82 Å². The lowest BCUT2D eigenvalue weighted by molar-refractivity contribution is 0.252. The van der Waals surface area contributed by atoms with E-state index in [9.17, 15) is 17.6 Å². The van der Waals surface area contributed by atoms with Crippen molar-refractivity contribution in [1.82, 2.24) is 5.32 Å². The summed E-state index contributed by atoms with van der Waals surface area (Å²) in [5, 5.41) is 5.12. The van der Waals surface area contributed by atoms with Crippen molar-refractivity contribution < 1.29 is 22.2 Å². The molecule has 0 fully saturated rings. The fourth-order valence-corrected chi connectivity index (χ4v) is 2.38. The highest BCUT2D eigenvalue weighted by Gasteiger charge is 2.09. The summed E-state index contributed by atoms with van der Waals surface area (Å²) in [7, 11) is -4.26. The van der Waals surface area contributed by atoms with E-state index >= 15 is 0 Å². The number of anilines is 1. The monoisotopic (exact) mass is 338 g/mol. The lowest BCUT2D eigenvalue weighted by Gasteiger charge is -2.08. The molecule has 23 heavy (non-hydrogen) atoms. The molecular formula is C15H15FN2O4S. The van der Waals surface area contributed by atoms with E-state index in [4.69, 9.17) is 4.55 Å². The zero-order chi connectivity index (χ0) is 16.9. The van der Waals surface area contributed by atoms with Gasteiger partial charge in [-0.15, -0.1) is 0 Å². The zero-order valence-electron chi connectivity index (χ0n) is 12.0. The summed E-state index contributed by atoms with van der Waals surface area (Å²) in [6, 6.07) is 10.7. The molecule has 0 radical (unpaired) electrons. The lowest BCUT2D eigenvalue weighted by atomic mass is 10.1. The summed E-state index contributed by atoms with van der Waals surface area (Å²) >= 11 is 0. The van der Waals surface area contributed by atoms with E-state index in [0.29, 0.717) is 18.7 Å². The van der Waals surface area contributed by atoms with Gasteiger partial charge in [-0.05, 0) is 48.4 Å². The molecule has 2 rings (SSSR count). The maximum absolute atomic E-state index is 13.0. The Morgan fingerprint density at radius 3 is 2.43 bits per heavy atom. The highest BCUT2D eigenvalue weighted by Crippen LogP contribution is 2.13. The van der Waals surface area contributed by atoms with Crippen LogP contribution in [0.15, 0.2) is 53.4 Å². The van der Waals surface area contributed by atoms with Crippen LogP contribution in [-0.2, 0) is 16.5 Å². The molecule has 0 heterocycles. The molecule has 0 aromatic heterocycles.